The Balaban J connectivity index is 1.59. The molecule has 1 heterocycles. The molecule has 9 N–H and O–H groups in total. The highest BCUT2D eigenvalue weighted by molar-refractivity contribution is 5.93. The van der Waals surface area contributed by atoms with Crippen molar-refractivity contribution in [2.45, 2.75) is 30.7 Å². The third-order valence-corrected chi connectivity index (χ3v) is 7.57. The summed E-state index contributed by atoms with van der Waals surface area (Å²) in [4.78, 5) is 53.4. The second-order valence-corrected chi connectivity index (χ2v) is 11.1. The molecule has 1 aliphatic rings. The molecule has 0 amide bonds. The van der Waals surface area contributed by atoms with Crippen molar-refractivity contribution in [3.8, 4) is 46.0 Å². The minimum Gasteiger partial charge on any atom is -0.504 e. The van der Waals surface area contributed by atoms with Crippen LogP contribution < -0.4 is 0 Å². The van der Waals surface area contributed by atoms with Crippen LogP contribution in [0.25, 0.3) is 0 Å². The first kappa shape index (κ1) is 36.4. The number of hydrogen-bond acceptors (Lipinski definition) is 18. The van der Waals surface area contributed by atoms with Crippen LogP contribution in [0.1, 0.15) is 41.4 Å². The van der Waals surface area contributed by atoms with Crippen LogP contribution in [0.4, 0.5) is 0 Å². The van der Waals surface area contributed by atoms with Crippen molar-refractivity contribution < 1.29 is 88.8 Å². The molecule has 18 nitrogen and oxygen atoms in total. The number of hydrogen-bond donors (Lipinski definition) is 9. The topological polar surface area (TPSA) is 296 Å². The Kier molecular flexibility index (Phi) is 10.4. The highest BCUT2D eigenvalue weighted by Gasteiger charge is 2.54. The van der Waals surface area contributed by atoms with E-state index < -0.39 is 118 Å². The smallest absolute Gasteiger partial charge is 0.340 e. The zero-order chi connectivity index (χ0) is 37.9. The molecule has 5 atom stereocenters. The molecule has 0 spiro atoms. The highest BCUT2D eigenvalue weighted by atomic mass is 16.7. The molecule has 1 aliphatic heterocycles. The van der Waals surface area contributed by atoms with Gasteiger partial charge >= 0.3 is 23.9 Å². The van der Waals surface area contributed by atoms with Gasteiger partial charge in [0.1, 0.15) is 6.10 Å². The van der Waals surface area contributed by atoms with E-state index in [0.717, 1.165) is 72.8 Å². The summed E-state index contributed by atoms with van der Waals surface area (Å²) in [5, 5.41) is 88.9. The van der Waals surface area contributed by atoms with Crippen LogP contribution in [0.2, 0.25) is 0 Å². The van der Waals surface area contributed by atoms with Crippen LogP contribution in [0, 0.1) is 0 Å². The first-order valence-electron chi connectivity index (χ1n) is 14.8. The molecule has 0 unspecified atom stereocenters. The molecular weight excluding hydrogens is 696 g/mol. The Bertz CT molecular complexity index is 2030. The van der Waals surface area contributed by atoms with Crippen molar-refractivity contribution in [2.24, 2.45) is 0 Å². The molecule has 4 aromatic carbocycles. The van der Waals surface area contributed by atoms with Crippen LogP contribution >= 0.6 is 0 Å². The van der Waals surface area contributed by atoms with E-state index in [2.05, 4.69) is 0 Å². The molecule has 0 radical (unpaired) electrons. The summed E-state index contributed by atoms with van der Waals surface area (Å²) in [5.74, 6) is -10.5. The first-order chi connectivity index (χ1) is 24.7. The molecular formula is C34H28O18. The van der Waals surface area contributed by atoms with E-state index in [-0.39, 0.29) is 11.1 Å². The van der Waals surface area contributed by atoms with Crippen LogP contribution in [-0.4, -0.2) is 107 Å². The number of ether oxygens (including phenoxy) is 5. The summed E-state index contributed by atoms with van der Waals surface area (Å²) in [7, 11) is 0. The molecule has 272 valence electrons. The number of benzene rings is 4. The quantitative estimate of drug-likeness (QED) is 0.0676. The van der Waals surface area contributed by atoms with Crippen molar-refractivity contribution in [1.29, 1.82) is 0 Å². The Morgan fingerprint density at radius 3 is 1.08 bits per heavy atom. The minimum absolute atomic E-state index is 0.366. The van der Waals surface area contributed by atoms with Gasteiger partial charge in [-0.2, -0.15) is 0 Å². The summed E-state index contributed by atoms with van der Waals surface area (Å²) in [6, 6.07) is 11.1. The van der Waals surface area contributed by atoms with Gasteiger partial charge < -0.3 is 69.6 Å². The standard InChI is InChI=1S/C34H28O18/c35-13-26-27(49-30(44)14-1-5-18(36)22(40)9-14)28(50-31(45)15-2-6-19(37)23(41)10-15)29(51-32(46)16-3-7-20(38)24(42)11-16)34(48-26)52-33(47)17-4-8-21(39)25(43)12-17/h1-12,26-29,34-43H,13H2/t26-,27-,28+,29-,34+/m1/s1. The normalized spacial score (nSPS) is 19.6. The molecule has 52 heavy (non-hydrogen) atoms. The number of carbonyl (C=O) groups is 4. The molecule has 18 heteroatoms. The summed E-state index contributed by atoms with van der Waals surface area (Å²) >= 11 is 0. The average Bonchev–Trinajstić information content (AvgIpc) is 3.11. The number of rotatable bonds is 9. The van der Waals surface area contributed by atoms with E-state index in [1.807, 2.05) is 0 Å². The van der Waals surface area contributed by atoms with Gasteiger partial charge in [0.05, 0.1) is 28.9 Å². The maximum atomic E-state index is 13.5. The molecule has 0 bridgehead atoms. The van der Waals surface area contributed by atoms with Crippen molar-refractivity contribution in [3.05, 3.63) is 95.1 Å². The Morgan fingerprint density at radius 2 is 0.750 bits per heavy atom. The van der Waals surface area contributed by atoms with Gasteiger partial charge in [-0.05, 0) is 72.8 Å². The van der Waals surface area contributed by atoms with Crippen molar-refractivity contribution >= 4 is 23.9 Å². The number of phenolic OH excluding ortho intramolecular Hbond substituents is 8. The van der Waals surface area contributed by atoms with E-state index >= 15 is 0 Å². The van der Waals surface area contributed by atoms with Gasteiger partial charge in [-0.1, -0.05) is 0 Å². The molecule has 1 fully saturated rings. The summed E-state index contributed by atoms with van der Waals surface area (Å²) in [5.41, 5.74) is -1.55. The molecule has 1 saturated heterocycles. The van der Waals surface area contributed by atoms with Gasteiger partial charge in [0.15, 0.2) is 58.2 Å². The molecule has 0 aliphatic carbocycles. The zero-order valence-electron chi connectivity index (χ0n) is 26.2. The second-order valence-electron chi connectivity index (χ2n) is 11.1. The lowest BCUT2D eigenvalue weighted by Crippen LogP contribution is -2.63. The van der Waals surface area contributed by atoms with Crippen molar-refractivity contribution in [1.82, 2.24) is 0 Å². The number of phenols is 8. The lowest BCUT2D eigenvalue weighted by Gasteiger charge is -2.43. The number of carbonyl (C=O) groups excluding carboxylic acids is 4. The predicted octanol–water partition coefficient (Wildman–Crippen LogP) is 1.88. The molecule has 0 saturated carbocycles. The lowest BCUT2D eigenvalue weighted by molar-refractivity contribution is -0.283. The van der Waals surface area contributed by atoms with E-state index in [0.29, 0.717) is 0 Å². The second kappa shape index (κ2) is 14.9. The van der Waals surface area contributed by atoms with E-state index in [4.69, 9.17) is 23.7 Å². The number of aromatic hydroxyl groups is 8. The summed E-state index contributed by atoms with van der Waals surface area (Å²) in [6.07, 6.45) is -9.96. The van der Waals surface area contributed by atoms with Crippen LogP contribution in [-0.2, 0) is 23.7 Å². The van der Waals surface area contributed by atoms with Crippen molar-refractivity contribution in [2.75, 3.05) is 6.61 Å². The molecule has 5 rings (SSSR count). The van der Waals surface area contributed by atoms with Crippen molar-refractivity contribution in [3.63, 3.8) is 0 Å². The predicted molar refractivity (Wildman–Crippen MR) is 168 cm³/mol. The maximum absolute atomic E-state index is 13.5. The summed E-state index contributed by atoms with van der Waals surface area (Å²) in [6.45, 7) is -1.03. The molecule has 4 aromatic rings. The Labute approximate surface area is 291 Å². The summed E-state index contributed by atoms with van der Waals surface area (Å²) < 4.78 is 27.9. The molecule has 0 aromatic heterocycles. The number of aliphatic hydroxyl groups is 1. The van der Waals surface area contributed by atoms with Gasteiger partial charge in [-0.3, -0.25) is 0 Å². The third kappa shape index (κ3) is 7.77. The largest absolute Gasteiger partial charge is 0.504 e. The maximum Gasteiger partial charge on any atom is 0.340 e. The Morgan fingerprint density at radius 1 is 0.442 bits per heavy atom. The van der Waals surface area contributed by atoms with Crippen LogP contribution in [0.5, 0.6) is 46.0 Å². The zero-order valence-corrected chi connectivity index (χ0v) is 26.2. The SMILES string of the molecule is O=C(O[C@@H]1O[C@H](CO)[C@@H](OC(=O)c2ccc(O)c(O)c2)[C@H](OC(=O)c2ccc(O)c(O)c2)[C@H]1OC(=O)c1ccc(O)c(O)c1)c1ccc(O)c(O)c1. The van der Waals surface area contributed by atoms with E-state index in [9.17, 15) is 65.1 Å². The first-order valence-corrected chi connectivity index (χ1v) is 14.8. The van der Waals surface area contributed by atoms with Gasteiger partial charge in [0, 0.05) is 0 Å². The van der Waals surface area contributed by atoms with Gasteiger partial charge in [0.25, 0.3) is 0 Å². The van der Waals surface area contributed by atoms with E-state index in [1.54, 1.807) is 0 Å². The lowest BCUT2D eigenvalue weighted by atomic mass is 9.97. The fourth-order valence-corrected chi connectivity index (χ4v) is 4.87. The fraction of sp³-hybridized carbons (Fsp3) is 0.176. The van der Waals surface area contributed by atoms with Crippen LogP contribution in [0.15, 0.2) is 72.8 Å². The highest BCUT2D eigenvalue weighted by Crippen LogP contribution is 2.35. The van der Waals surface area contributed by atoms with Gasteiger partial charge in [-0.25, -0.2) is 19.2 Å². The van der Waals surface area contributed by atoms with Crippen LogP contribution in [0.3, 0.4) is 0 Å². The van der Waals surface area contributed by atoms with Gasteiger partial charge in [0.2, 0.25) is 12.4 Å². The van der Waals surface area contributed by atoms with E-state index in [1.165, 1.54) is 0 Å². The average molecular weight is 725 g/mol. The minimum atomic E-state index is -2.12. The third-order valence-electron chi connectivity index (χ3n) is 7.57. The number of esters is 4. The fourth-order valence-electron chi connectivity index (χ4n) is 4.87. The van der Waals surface area contributed by atoms with Gasteiger partial charge in [-0.15, -0.1) is 0 Å². The monoisotopic (exact) mass is 724 g/mol. The number of aliphatic hydroxyl groups excluding tert-OH is 1. The Hall–Kier alpha value is -6.92.